The Morgan fingerprint density at radius 1 is 1.24 bits per heavy atom. The molecule has 2 aromatic carbocycles. The van der Waals surface area contributed by atoms with Crippen LogP contribution in [0.5, 0.6) is 5.75 Å². The zero-order valence-corrected chi connectivity index (χ0v) is 13.9. The van der Waals surface area contributed by atoms with E-state index in [4.69, 9.17) is 16.3 Å². The highest BCUT2D eigenvalue weighted by Gasteiger charge is 2.11. The van der Waals surface area contributed by atoms with Crippen LogP contribution in [0.4, 0.5) is 5.69 Å². The number of ether oxygens (including phenoxy) is 1. The minimum atomic E-state index is -0.247. The summed E-state index contributed by atoms with van der Waals surface area (Å²) in [4.78, 5) is 12.2. The van der Waals surface area contributed by atoms with E-state index in [1.54, 1.807) is 30.3 Å². The minimum Gasteiger partial charge on any atom is -0.494 e. The van der Waals surface area contributed by atoms with Crippen molar-refractivity contribution in [1.29, 1.82) is 0 Å². The lowest BCUT2D eigenvalue weighted by atomic mass is 10.2. The Morgan fingerprint density at radius 3 is 2.62 bits per heavy atom. The number of carbonyl (C=O) groups is 1. The second kappa shape index (κ2) is 7.48. The first-order valence-corrected chi connectivity index (χ1v) is 7.76. The lowest BCUT2D eigenvalue weighted by Gasteiger charge is -2.09. The van der Waals surface area contributed by atoms with Gasteiger partial charge in [0.05, 0.1) is 17.2 Å². The SMILES string of the molecule is CCCOc1ccc(NC(=O)c2cc(Br)ccc2Cl)cc1. The highest BCUT2D eigenvalue weighted by atomic mass is 79.9. The Labute approximate surface area is 137 Å². The van der Waals surface area contributed by atoms with Gasteiger partial charge in [-0.25, -0.2) is 0 Å². The quantitative estimate of drug-likeness (QED) is 0.793. The predicted molar refractivity (Wildman–Crippen MR) is 89.3 cm³/mol. The highest BCUT2D eigenvalue weighted by Crippen LogP contribution is 2.23. The fourth-order valence-electron chi connectivity index (χ4n) is 1.72. The molecule has 1 N–H and O–H groups in total. The molecule has 0 heterocycles. The summed E-state index contributed by atoms with van der Waals surface area (Å²) in [5.74, 6) is 0.541. The number of nitrogens with one attached hydrogen (secondary N) is 1. The summed E-state index contributed by atoms with van der Waals surface area (Å²) in [5.41, 5.74) is 1.12. The first-order valence-electron chi connectivity index (χ1n) is 6.59. The van der Waals surface area contributed by atoms with Crippen LogP contribution in [0.1, 0.15) is 23.7 Å². The molecule has 0 unspecified atom stereocenters. The van der Waals surface area contributed by atoms with Crippen LogP contribution >= 0.6 is 27.5 Å². The standard InChI is InChI=1S/C16H15BrClNO2/c1-2-9-21-13-6-4-12(5-7-13)19-16(20)14-10-11(17)3-8-15(14)18/h3-8,10H,2,9H2,1H3,(H,19,20). The average molecular weight is 369 g/mol. The monoisotopic (exact) mass is 367 g/mol. The molecule has 0 aliphatic rings. The number of hydrogen-bond acceptors (Lipinski definition) is 2. The summed E-state index contributed by atoms with van der Waals surface area (Å²) in [6, 6.07) is 12.4. The average Bonchev–Trinajstić information content (AvgIpc) is 2.49. The van der Waals surface area contributed by atoms with Gasteiger partial charge in [0.1, 0.15) is 5.75 Å². The molecule has 2 aromatic rings. The topological polar surface area (TPSA) is 38.3 Å². The molecule has 1 amide bonds. The zero-order chi connectivity index (χ0) is 15.2. The smallest absolute Gasteiger partial charge is 0.257 e. The molecule has 0 saturated carbocycles. The largest absolute Gasteiger partial charge is 0.494 e. The Kier molecular flexibility index (Phi) is 5.65. The van der Waals surface area contributed by atoms with Gasteiger partial charge in [0, 0.05) is 10.2 Å². The highest BCUT2D eigenvalue weighted by molar-refractivity contribution is 9.10. The fourth-order valence-corrected chi connectivity index (χ4v) is 2.29. The molecule has 0 bridgehead atoms. The minimum absolute atomic E-state index is 0.247. The van der Waals surface area contributed by atoms with Crippen molar-refractivity contribution < 1.29 is 9.53 Å². The Balaban J connectivity index is 2.07. The van der Waals surface area contributed by atoms with Crippen molar-refractivity contribution >= 4 is 39.1 Å². The third-order valence-corrected chi connectivity index (χ3v) is 3.58. The van der Waals surface area contributed by atoms with Gasteiger partial charge in [-0.3, -0.25) is 4.79 Å². The fraction of sp³-hybridized carbons (Fsp3) is 0.188. The van der Waals surface area contributed by atoms with Crippen LogP contribution in [0.15, 0.2) is 46.9 Å². The summed E-state index contributed by atoms with van der Waals surface area (Å²) in [6.07, 6.45) is 0.958. The molecule has 5 heteroatoms. The molecule has 0 fully saturated rings. The van der Waals surface area contributed by atoms with Crippen molar-refractivity contribution in [3.8, 4) is 5.75 Å². The Bertz CT molecular complexity index is 629. The summed E-state index contributed by atoms with van der Waals surface area (Å²) >= 11 is 9.37. The Morgan fingerprint density at radius 2 is 1.95 bits per heavy atom. The molecular weight excluding hydrogens is 354 g/mol. The van der Waals surface area contributed by atoms with Crippen LogP contribution in [-0.2, 0) is 0 Å². The molecule has 0 aromatic heterocycles. The van der Waals surface area contributed by atoms with Crippen LogP contribution in [0, 0.1) is 0 Å². The van der Waals surface area contributed by atoms with Gasteiger partial charge in [-0.15, -0.1) is 0 Å². The van der Waals surface area contributed by atoms with Gasteiger partial charge >= 0.3 is 0 Å². The molecule has 0 atom stereocenters. The number of carbonyl (C=O) groups excluding carboxylic acids is 1. The van der Waals surface area contributed by atoms with E-state index in [-0.39, 0.29) is 5.91 Å². The van der Waals surface area contributed by atoms with Crippen LogP contribution in [0.25, 0.3) is 0 Å². The van der Waals surface area contributed by atoms with E-state index < -0.39 is 0 Å². The Hall–Kier alpha value is -1.52. The number of rotatable bonds is 5. The molecule has 0 aliphatic heterocycles. The van der Waals surface area contributed by atoms with Gasteiger partial charge < -0.3 is 10.1 Å². The van der Waals surface area contributed by atoms with Gasteiger partial charge in [-0.2, -0.15) is 0 Å². The first kappa shape index (κ1) is 15.9. The van der Waals surface area contributed by atoms with Crippen molar-refractivity contribution in [2.24, 2.45) is 0 Å². The molecule has 110 valence electrons. The molecule has 21 heavy (non-hydrogen) atoms. The maximum absolute atomic E-state index is 12.2. The molecule has 0 aliphatic carbocycles. The van der Waals surface area contributed by atoms with Crippen molar-refractivity contribution in [2.75, 3.05) is 11.9 Å². The summed E-state index contributed by atoms with van der Waals surface area (Å²) in [6.45, 7) is 2.73. The number of benzene rings is 2. The van der Waals surface area contributed by atoms with Gasteiger partial charge in [-0.05, 0) is 48.9 Å². The summed E-state index contributed by atoms with van der Waals surface area (Å²) < 4.78 is 6.30. The normalized spacial score (nSPS) is 10.2. The first-order chi connectivity index (χ1) is 10.1. The maximum Gasteiger partial charge on any atom is 0.257 e. The molecule has 0 spiro atoms. The van der Waals surface area contributed by atoms with Crippen LogP contribution in [-0.4, -0.2) is 12.5 Å². The number of anilines is 1. The van der Waals surface area contributed by atoms with Crippen molar-refractivity contribution in [3.63, 3.8) is 0 Å². The second-order valence-electron chi connectivity index (χ2n) is 4.45. The summed E-state index contributed by atoms with van der Waals surface area (Å²) in [5, 5.41) is 3.23. The number of halogens is 2. The maximum atomic E-state index is 12.2. The van der Waals surface area contributed by atoms with Crippen LogP contribution < -0.4 is 10.1 Å². The van der Waals surface area contributed by atoms with Gasteiger partial charge in [0.15, 0.2) is 0 Å². The summed E-state index contributed by atoms with van der Waals surface area (Å²) in [7, 11) is 0. The van der Waals surface area contributed by atoms with Gasteiger partial charge in [0.25, 0.3) is 5.91 Å². The van der Waals surface area contributed by atoms with Crippen LogP contribution in [0.2, 0.25) is 5.02 Å². The molecular formula is C16H15BrClNO2. The van der Waals surface area contributed by atoms with E-state index in [0.29, 0.717) is 22.9 Å². The van der Waals surface area contributed by atoms with E-state index in [1.165, 1.54) is 0 Å². The van der Waals surface area contributed by atoms with Gasteiger partial charge in [-0.1, -0.05) is 34.5 Å². The molecule has 3 nitrogen and oxygen atoms in total. The van der Waals surface area contributed by atoms with E-state index >= 15 is 0 Å². The lowest BCUT2D eigenvalue weighted by Crippen LogP contribution is -2.12. The molecule has 2 rings (SSSR count). The third kappa shape index (κ3) is 4.48. The predicted octanol–water partition coefficient (Wildman–Crippen LogP) is 5.14. The molecule has 0 radical (unpaired) electrons. The lowest BCUT2D eigenvalue weighted by molar-refractivity contribution is 0.102. The van der Waals surface area contributed by atoms with E-state index in [1.807, 2.05) is 12.1 Å². The van der Waals surface area contributed by atoms with Crippen molar-refractivity contribution in [1.82, 2.24) is 0 Å². The van der Waals surface area contributed by atoms with Crippen molar-refractivity contribution in [3.05, 3.63) is 57.5 Å². The number of hydrogen-bond donors (Lipinski definition) is 1. The second-order valence-corrected chi connectivity index (χ2v) is 5.77. The van der Waals surface area contributed by atoms with E-state index in [0.717, 1.165) is 16.6 Å². The van der Waals surface area contributed by atoms with Crippen molar-refractivity contribution in [2.45, 2.75) is 13.3 Å². The van der Waals surface area contributed by atoms with E-state index in [9.17, 15) is 4.79 Å². The van der Waals surface area contributed by atoms with E-state index in [2.05, 4.69) is 28.2 Å². The third-order valence-electron chi connectivity index (χ3n) is 2.76. The van der Waals surface area contributed by atoms with Gasteiger partial charge in [0.2, 0.25) is 0 Å². The molecule has 0 saturated heterocycles. The van der Waals surface area contributed by atoms with Crippen LogP contribution in [0.3, 0.4) is 0 Å². The zero-order valence-electron chi connectivity index (χ0n) is 11.5. The number of amides is 1.